The molecule has 0 aliphatic rings. The van der Waals surface area contributed by atoms with Crippen LogP contribution in [0.4, 0.5) is 5.69 Å². The van der Waals surface area contributed by atoms with E-state index in [4.69, 9.17) is 29.6 Å². The minimum absolute atomic E-state index is 0.104. The van der Waals surface area contributed by atoms with Crippen molar-refractivity contribution in [2.75, 3.05) is 11.9 Å². The van der Waals surface area contributed by atoms with Crippen LogP contribution in [0.25, 0.3) is 0 Å². The summed E-state index contributed by atoms with van der Waals surface area (Å²) in [4.78, 5) is 11.6. The predicted molar refractivity (Wildman–Crippen MR) is 71.4 cm³/mol. The molecule has 5 heteroatoms. The van der Waals surface area contributed by atoms with E-state index in [0.29, 0.717) is 15.7 Å². The van der Waals surface area contributed by atoms with Crippen LogP contribution in [-0.2, 0) is 4.79 Å². The topological polar surface area (TPSA) is 41.1 Å². The van der Waals surface area contributed by atoms with Gasteiger partial charge in [0, 0.05) is 0 Å². The summed E-state index contributed by atoms with van der Waals surface area (Å²) >= 11 is 11.8. The monoisotopic (exact) mass is 270 g/mol. The number of anilines is 1. The number of benzene rings is 1. The molecule has 90 valence electrons. The van der Waals surface area contributed by atoms with Crippen molar-refractivity contribution in [2.24, 2.45) is 0 Å². The van der Waals surface area contributed by atoms with Crippen LogP contribution in [0.15, 0.2) is 18.2 Å². The fraction of sp³-hybridized carbons (Fsp3) is 0.250. The van der Waals surface area contributed by atoms with E-state index < -0.39 is 0 Å². The number of halogens is 2. The maximum absolute atomic E-state index is 11.6. The summed E-state index contributed by atoms with van der Waals surface area (Å²) < 4.78 is 0. The normalized spacial score (nSPS) is 11.6. The number of amides is 1. The summed E-state index contributed by atoms with van der Waals surface area (Å²) in [5.41, 5.74) is 0.413. The minimum atomic E-state index is -0.248. The largest absolute Gasteiger partial charge is 0.322 e. The van der Waals surface area contributed by atoms with Crippen LogP contribution in [0.3, 0.4) is 0 Å². The average molecular weight is 271 g/mol. The molecule has 1 aromatic rings. The van der Waals surface area contributed by atoms with E-state index in [0.717, 1.165) is 0 Å². The zero-order valence-electron chi connectivity index (χ0n) is 9.26. The third kappa shape index (κ3) is 4.27. The van der Waals surface area contributed by atoms with Gasteiger partial charge in [0.15, 0.2) is 0 Å². The molecule has 1 atom stereocenters. The maximum Gasteiger partial charge on any atom is 0.238 e. The summed E-state index contributed by atoms with van der Waals surface area (Å²) in [6, 6.07) is 4.85. The lowest BCUT2D eigenvalue weighted by Crippen LogP contribution is -2.33. The molecule has 1 rings (SSSR count). The lowest BCUT2D eigenvalue weighted by molar-refractivity contribution is -0.115. The third-order valence-electron chi connectivity index (χ3n) is 2.05. The standard InChI is InChI=1S/C12H12Cl2N2O/c1-3-8(2)15-7-11(17)16-12-9(13)5-4-6-10(12)14/h1,4-6,8,15H,7H2,2H3,(H,16,17). The first-order valence-electron chi connectivity index (χ1n) is 4.98. The predicted octanol–water partition coefficient (Wildman–Crippen LogP) is 2.54. The molecule has 3 nitrogen and oxygen atoms in total. The Labute approximate surface area is 110 Å². The van der Waals surface area contributed by atoms with Gasteiger partial charge in [-0.2, -0.15) is 0 Å². The summed E-state index contributed by atoms with van der Waals surface area (Å²) in [6.45, 7) is 1.89. The number of hydrogen-bond donors (Lipinski definition) is 2. The summed E-state index contributed by atoms with van der Waals surface area (Å²) in [5, 5.41) is 6.28. The van der Waals surface area contributed by atoms with Crippen LogP contribution in [0.2, 0.25) is 10.0 Å². The van der Waals surface area contributed by atoms with Gasteiger partial charge in [-0.05, 0) is 19.1 Å². The zero-order chi connectivity index (χ0) is 12.8. The number of carbonyl (C=O) groups excluding carboxylic acids is 1. The molecule has 0 fully saturated rings. The van der Waals surface area contributed by atoms with E-state index in [1.807, 2.05) is 0 Å². The van der Waals surface area contributed by atoms with Gasteiger partial charge >= 0.3 is 0 Å². The Morgan fingerprint density at radius 3 is 2.59 bits per heavy atom. The quantitative estimate of drug-likeness (QED) is 0.826. The van der Waals surface area contributed by atoms with Crippen LogP contribution in [0.5, 0.6) is 0 Å². The Morgan fingerprint density at radius 2 is 2.06 bits per heavy atom. The van der Waals surface area contributed by atoms with Gasteiger partial charge in [0.25, 0.3) is 0 Å². The van der Waals surface area contributed by atoms with E-state index in [1.165, 1.54) is 0 Å². The number of carbonyl (C=O) groups is 1. The van der Waals surface area contributed by atoms with Crippen molar-refractivity contribution in [3.05, 3.63) is 28.2 Å². The van der Waals surface area contributed by atoms with Crippen LogP contribution in [0.1, 0.15) is 6.92 Å². The van der Waals surface area contributed by atoms with Crippen molar-refractivity contribution in [3.8, 4) is 12.3 Å². The highest BCUT2D eigenvalue weighted by atomic mass is 35.5. The lowest BCUT2D eigenvalue weighted by atomic mass is 10.3. The second kappa shape index (κ2) is 6.51. The molecule has 1 amide bonds. The first kappa shape index (κ1) is 13.9. The van der Waals surface area contributed by atoms with Crippen LogP contribution < -0.4 is 10.6 Å². The molecule has 0 saturated heterocycles. The molecule has 0 aliphatic carbocycles. The van der Waals surface area contributed by atoms with Gasteiger partial charge in [-0.1, -0.05) is 35.2 Å². The number of nitrogens with one attached hydrogen (secondary N) is 2. The van der Waals surface area contributed by atoms with E-state index in [2.05, 4.69) is 16.6 Å². The molecule has 0 saturated carbocycles. The van der Waals surface area contributed by atoms with Crippen molar-refractivity contribution in [1.82, 2.24) is 5.32 Å². The van der Waals surface area contributed by atoms with Gasteiger partial charge in [0.2, 0.25) is 5.91 Å². The molecule has 0 aliphatic heterocycles. The molecule has 0 spiro atoms. The fourth-order valence-corrected chi connectivity index (χ4v) is 1.60. The van der Waals surface area contributed by atoms with E-state index in [1.54, 1.807) is 25.1 Å². The SMILES string of the molecule is C#CC(C)NCC(=O)Nc1c(Cl)cccc1Cl. The van der Waals surface area contributed by atoms with Gasteiger partial charge in [-0.3, -0.25) is 10.1 Å². The smallest absolute Gasteiger partial charge is 0.238 e. The van der Waals surface area contributed by atoms with E-state index in [9.17, 15) is 4.79 Å². The van der Waals surface area contributed by atoms with Crippen molar-refractivity contribution in [1.29, 1.82) is 0 Å². The number of rotatable bonds is 4. The highest BCUT2D eigenvalue weighted by Gasteiger charge is 2.09. The van der Waals surface area contributed by atoms with Crippen molar-refractivity contribution >= 4 is 34.8 Å². The highest BCUT2D eigenvalue weighted by Crippen LogP contribution is 2.29. The molecule has 1 unspecified atom stereocenters. The van der Waals surface area contributed by atoms with Crippen molar-refractivity contribution in [3.63, 3.8) is 0 Å². The molecule has 0 bridgehead atoms. The molecule has 0 heterocycles. The van der Waals surface area contributed by atoms with E-state index >= 15 is 0 Å². The molecule has 2 N–H and O–H groups in total. The number of terminal acetylenes is 1. The molecular weight excluding hydrogens is 259 g/mol. The zero-order valence-corrected chi connectivity index (χ0v) is 10.8. The van der Waals surface area contributed by atoms with Crippen LogP contribution >= 0.6 is 23.2 Å². The Hall–Kier alpha value is -1.21. The summed E-state index contributed by atoms with van der Waals surface area (Å²) in [5.74, 6) is 2.22. The molecule has 0 radical (unpaired) electrons. The average Bonchev–Trinajstić information content (AvgIpc) is 2.31. The summed E-state index contributed by atoms with van der Waals surface area (Å²) in [6.07, 6.45) is 5.17. The first-order valence-corrected chi connectivity index (χ1v) is 5.73. The third-order valence-corrected chi connectivity index (χ3v) is 2.68. The van der Waals surface area contributed by atoms with Gasteiger partial charge in [0.1, 0.15) is 0 Å². The molecule has 0 aromatic heterocycles. The first-order chi connectivity index (χ1) is 8.04. The Kier molecular flexibility index (Phi) is 5.30. The van der Waals surface area contributed by atoms with Crippen LogP contribution in [-0.4, -0.2) is 18.5 Å². The molecular formula is C12H12Cl2N2O. The fourth-order valence-electron chi connectivity index (χ4n) is 1.11. The van der Waals surface area contributed by atoms with Gasteiger partial charge in [-0.25, -0.2) is 0 Å². The Bertz CT molecular complexity index is 434. The number of hydrogen-bond acceptors (Lipinski definition) is 2. The second-order valence-corrected chi connectivity index (χ2v) is 4.23. The van der Waals surface area contributed by atoms with E-state index in [-0.39, 0.29) is 18.5 Å². The van der Waals surface area contributed by atoms with Crippen molar-refractivity contribution < 1.29 is 4.79 Å². The maximum atomic E-state index is 11.6. The second-order valence-electron chi connectivity index (χ2n) is 3.41. The van der Waals surface area contributed by atoms with Crippen molar-refractivity contribution in [2.45, 2.75) is 13.0 Å². The molecule has 1 aromatic carbocycles. The van der Waals surface area contributed by atoms with Gasteiger partial charge < -0.3 is 5.32 Å². The Morgan fingerprint density at radius 1 is 1.47 bits per heavy atom. The van der Waals surface area contributed by atoms with Gasteiger partial charge in [0.05, 0.1) is 28.3 Å². The highest BCUT2D eigenvalue weighted by molar-refractivity contribution is 6.39. The van der Waals surface area contributed by atoms with Crippen LogP contribution in [0, 0.1) is 12.3 Å². The minimum Gasteiger partial charge on any atom is -0.322 e. The Balaban J connectivity index is 2.60. The molecule has 17 heavy (non-hydrogen) atoms. The number of para-hydroxylation sites is 1. The lowest BCUT2D eigenvalue weighted by Gasteiger charge is -2.10. The summed E-state index contributed by atoms with van der Waals surface area (Å²) in [7, 11) is 0. The van der Waals surface area contributed by atoms with Gasteiger partial charge in [-0.15, -0.1) is 6.42 Å².